The van der Waals surface area contributed by atoms with Crippen LogP contribution >= 0.6 is 0 Å². The van der Waals surface area contributed by atoms with E-state index in [1.54, 1.807) is 24.3 Å². The molecule has 1 aliphatic rings. The van der Waals surface area contributed by atoms with Crippen LogP contribution in [0, 0.1) is 6.92 Å². The molecular weight excluding hydrogens is 438 g/mol. The van der Waals surface area contributed by atoms with Gasteiger partial charge in [0.1, 0.15) is 0 Å². The van der Waals surface area contributed by atoms with Crippen molar-refractivity contribution in [1.29, 1.82) is 0 Å². The molecule has 0 aliphatic carbocycles. The Labute approximate surface area is 195 Å². The molecule has 8 nitrogen and oxygen atoms in total. The van der Waals surface area contributed by atoms with Gasteiger partial charge < -0.3 is 14.3 Å². The summed E-state index contributed by atoms with van der Waals surface area (Å²) in [5.41, 5.74) is 2.56. The van der Waals surface area contributed by atoms with Gasteiger partial charge in [-0.2, -0.15) is 4.98 Å². The summed E-state index contributed by atoms with van der Waals surface area (Å²) in [6.07, 6.45) is 0.772. The standard InChI is InChI=1S/C24H31N5O3S/c1-3-28-14-16-29(17-15-28)13-5-12-25-33(30,31)22-7-4-6-21(18-22)24-26-23(27-32-24)20-10-8-19(2)9-11-20/h4,6-11,18,25H,3,5,12-17H2,1-2H3. The maximum Gasteiger partial charge on any atom is 0.258 e. The summed E-state index contributed by atoms with van der Waals surface area (Å²) in [4.78, 5) is 9.45. The lowest BCUT2D eigenvalue weighted by Crippen LogP contribution is -2.46. The molecule has 1 fully saturated rings. The van der Waals surface area contributed by atoms with Crippen molar-refractivity contribution in [2.24, 2.45) is 0 Å². The van der Waals surface area contributed by atoms with Gasteiger partial charge in [-0.15, -0.1) is 0 Å². The molecule has 1 aromatic heterocycles. The van der Waals surface area contributed by atoms with Crippen LogP contribution in [0.25, 0.3) is 22.8 Å². The molecule has 1 saturated heterocycles. The van der Waals surface area contributed by atoms with Gasteiger partial charge in [0.05, 0.1) is 4.90 Å². The Balaban J connectivity index is 1.35. The van der Waals surface area contributed by atoms with Crippen LogP contribution in [0.3, 0.4) is 0 Å². The monoisotopic (exact) mass is 469 g/mol. The molecule has 0 amide bonds. The number of hydrogen-bond acceptors (Lipinski definition) is 7. The second kappa shape index (κ2) is 10.6. The summed E-state index contributed by atoms with van der Waals surface area (Å²) in [7, 11) is -3.62. The van der Waals surface area contributed by atoms with E-state index in [-0.39, 0.29) is 10.8 Å². The summed E-state index contributed by atoms with van der Waals surface area (Å²) in [5, 5.41) is 4.04. The van der Waals surface area contributed by atoms with E-state index in [4.69, 9.17) is 4.52 Å². The SMILES string of the molecule is CCN1CCN(CCCNS(=O)(=O)c2cccc(-c3nc(-c4ccc(C)cc4)no3)c2)CC1. The molecule has 1 N–H and O–H groups in total. The average molecular weight is 470 g/mol. The van der Waals surface area contributed by atoms with Gasteiger partial charge in [-0.3, -0.25) is 0 Å². The number of rotatable bonds is 9. The smallest absolute Gasteiger partial charge is 0.258 e. The Morgan fingerprint density at radius 3 is 2.45 bits per heavy atom. The Morgan fingerprint density at radius 2 is 1.73 bits per heavy atom. The van der Waals surface area contributed by atoms with Crippen LogP contribution in [0.4, 0.5) is 0 Å². The quantitative estimate of drug-likeness (QED) is 0.482. The van der Waals surface area contributed by atoms with E-state index in [2.05, 4.69) is 31.6 Å². The van der Waals surface area contributed by atoms with Crippen LogP contribution in [-0.4, -0.2) is 74.2 Å². The minimum atomic E-state index is -3.62. The Morgan fingerprint density at radius 1 is 1.00 bits per heavy atom. The minimum absolute atomic E-state index is 0.187. The van der Waals surface area contributed by atoms with Crippen molar-refractivity contribution in [3.63, 3.8) is 0 Å². The summed E-state index contributed by atoms with van der Waals surface area (Å²) in [6.45, 7) is 10.8. The molecule has 0 saturated carbocycles. The summed E-state index contributed by atoms with van der Waals surface area (Å²) >= 11 is 0. The molecular formula is C24H31N5O3S. The molecule has 0 spiro atoms. The summed E-state index contributed by atoms with van der Waals surface area (Å²) in [5.74, 6) is 0.755. The Bertz CT molecular complexity index is 1150. The zero-order valence-corrected chi connectivity index (χ0v) is 20.0. The molecule has 0 unspecified atom stereocenters. The first-order chi connectivity index (χ1) is 15.9. The van der Waals surface area contributed by atoms with E-state index in [9.17, 15) is 8.42 Å². The first-order valence-corrected chi connectivity index (χ1v) is 12.9. The fourth-order valence-electron chi connectivity index (χ4n) is 3.88. The predicted molar refractivity (Wildman–Crippen MR) is 128 cm³/mol. The highest BCUT2D eigenvalue weighted by Crippen LogP contribution is 2.24. The molecule has 2 aromatic carbocycles. The van der Waals surface area contributed by atoms with Gasteiger partial charge in [-0.25, -0.2) is 13.1 Å². The molecule has 0 bridgehead atoms. The number of nitrogens with zero attached hydrogens (tertiary/aromatic N) is 4. The first-order valence-electron chi connectivity index (χ1n) is 11.4. The highest BCUT2D eigenvalue weighted by atomic mass is 32.2. The lowest BCUT2D eigenvalue weighted by atomic mass is 10.1. The topological polar surface area (TPSA) is 91.6 Å². The zero-order chi connectivity index (χ0) is 23.3. The lowest BCUT2D eigenvalue weighted by molar-refractivity contribution is 0.136. The number of nitrogens with one attached hydrogen (secondary N) is 1. The molecule has 176 valence electrons. The number of piperazine rings is 1. The number of hydrogen-bond donors (Lipinski definition) is 1. The molecule has 9 heteroatoms. The van der Waals surface area contributed by atoms with E-state index in [1.165, 1.54) is 0 Å². The van der Waals surface area contributed by atoms with Crippen molar-refractivity contribution < 1.29 is 12.9 Å². The average Bonchev–Trinajstić information content (AvgIpc) is 3.33. The van der Waals surface area contributed by atoms with Gasteiger partial charge in [-0.05, 0) is 44.6 Å². The summed E-state index contributed by atoms with van der Waals surface area (Å²) in [6, 6.07) is 14.4. The van der Waals surface area contributed by atoms with Gasteiger partial charge in [-0.1, -0.05) is 48.0 Å². The van der Waals surface area contributed by atoms with Crippen LogP contribution in [0.2, 0.25) is 0 Å². The van der Waals surface area contributed by atoms with Crippen molar-refractivity contribution in [3.8, 4) is 22.8 Å². The van der Waals surface area contributed by atoms with Gasteiger partial charge in [0, 0.05) is 43.9 Å². The van der Waals surface area contributed by atoms with E-state index in [1.807, 2.05) is 31.2 Å². The van der Waals surface area contributed by atoms with Gasteiger partial charge in [0.2, 0.25) is 15.8 Å². The Kier molecular flexibility index (Phi) is 7.54. The van der Waals surface area contributed by atoms with Crippen molar-refractivity contribution >= 4 is 10.0 Å². The number of likely N-dealkylation sites (N-methyl/N-ethyl adjacent to an activating group) is 1. The number of benzene rings is 2. The highest BCUT2D eigenvalue weighted by molar-refractivity contribution is 7.89. The molecule has 4 rings (SSSR count). The largest absolute Gasteiger partial charge is 0.334 e. The highest BCUT2D eigenvalue weighted by Gasteiger charge is 2.18. The lowest BCUT2D eigenvalue weighted by Gasteiger charge is -2.33. The maximum atomic E-state index is 12.8. The van der Waals surface area contributed by atoms with Crippen LogP contribution in [0.5, 0.6) is 0 Å². The zero-order valence-electron chi connectivity index (χ0n) is 19.2. The van der Waals surface area contributed by atoms with Gasteiger partial charge in [0.25, 0.3) is 5.89 Å². The predicted octanol–water partition coefficient (Wildman–Crippen LogP) is 3.02. The van der Waals surface area contributed by atoms with Crippen molar-refractivity contribution in [2.75, 3.05) is 45.8 Å². The van der Waals surface area contributed by atoms with Crippen LogP contribution in [-0.2, 0) is 10.0 Å². The molecule has 0 atom stereocenters. The van der Waals surface area contributed by atoms with E-state index >= 15 is 0 Å². The van der Waals surface area contributed by atoms with Crippen molar-refractivity contribution in [3.05, 3.63) is 54.1 Å². The van der Waals surface area contributed by atoms with Crippen LogP contribution < -0.4 is 4.72 Å². The second-order valence-electron chi connectivity index (χ2n) is 8.34. The van der Waals surface area contributed by atoms with Crippen LogP contribution in [0.1, 0.15) is 18.9 Å². The van der Waals surface area contributed by atoms with E-state index < -0.39 is 10.0 Å². The number of aryl methyl sites for hydroxylation is 1. The van der Waals surface area contributed by atoms with E-state index in [0.717, 1.165) is 56.8 Å². The molecule has 1 aliphatic heterocycles. The fraction of sp³-hybridized carbons (Fsp3) is 0.417. The number of sulfonamides is 1. The molecule has 0 radical (unpaired) electrons. The fourth-order valence-corrected chi connectivity index (χ4v) is 5.00. The second-order valence-corrected chi connectivity index (χ2v) is 10.1. The Hall–Kier alpha value is -2.59. The first kappa shape index (κ1) is 23.6. The third kappa shape index (κ3) is 6.05. The molecule has 2 heterocycles. The molecule has 33 heavy (non-hydrogen) atoms. The van der Waals surface area contributed by atoms with Gasteiger partial charge in [0.15, 0.2) is 0 Å². The van der Waals surface area contributed by atoms with Crippen molar-refractivity contribution in [2.45, 2.75) is 25.2 Å². The third-order valence-electron chi connectivity index (χ3n) is 5.98. The number of aromatic nitrogens is 2. The third-order valence-corrected chi connectivity index (χ3v) is 7.44. The van der Waals surface area contributed by atoms with Gasteiger partial charge >= 0.3 is 0 Å². The maximum absolute atomic E-state index is 12.8. The normalized spacial score (nSPS) is 15.7. The minimum Gasteiger partial charge on any atom is -0.334 e. The molecule has 3 aromatic rings. The van der Waals surface area contributed by atoms with Crippen molar-refractivity contribution in [1.82, 2.24) is 24.7 Å². The summed E-state index contributed by atoms with van der Waals surface area (Å²) < 4.78 is 33.7. The van der Waals surface area contributed by atoms with E-state index in [0.29, 0.717) is 17.9 Å². The van der Waals surface area contributed by atoms with Crippen LogP contribution in [0.15, 0.2) is 57.9 Å².